The monoisotopic (exact) mass is 455 g/mol. The Balaban J connectivity index is 1.52. The van der Waals surface area contributed by atoms with E-state index in [1.54, 1.807) is 37.1 Å². The Morgan fingerprint density at radius 1 is 0.935 bits per heavy atom. The van der Waals surface area contributed by atoms with Gasteiger partial charge in [-0.3, -0.25) is 14.4 Å². The molecule has 1 aromatic carbocycles. The molecule has 0 aliphatic rings. The van der Waals surface area contributed by atoms with Gasteiger partial charge in [-0.05, 0) is 18.2 Å². The molecule has 0 fully saturated rings. The summed E-state index contributed by atoms with van der Waals surface area (Å²) in [6.45, 7) is 0. The second-order valence-electron chi connectivity index (χ2n) is 6.96. The molecule has 3 amide bonds. The average molecular weight is 456 g/mol. The van der Waals surface area contributed by atoms with Crippen LogP contribution in [0.15, 0.2) is 48.8 Å². The van der Waals surface area contributed by atoms with Gasteiger partial charge in [0.1, 0.15) is 16.3 Å². The van der Waals surface area contributed by atoms with Crippen molar-refractivity contribution in [2.45, 2.75) is 0 Å². The van der Waals surface area contributed by atoms with Crippen molar-refractivity contribution < 1.29 is 14.4 Å². The fourth-order valence-corrected chi connectivity index (χ4v) is 4.69. The summed E-state index contributed by atoms with van der Waals surface area (Å²) in [4.78, 5) is 37.2. The summed E-state index contributed by atoms with van der Waals surface area (Å²) < 4.78 is 4.04. The molecule has 0 bridgehead atoms. The van der Waals surface area contributed by atoms with E-state index in [9.17, 15) is 14.4 Å². The van der Waals surface area contributed by atoms with Gasteiger partial charge in [-0.25, -0.2) is 0 Å². The summed E-state index contributed by atoms with van der Waals surface area (Å²) in [6.07, 6.45) is 3.22. The van der Waals surface area contributed by atoms with Gasteiger partial charge in [0.05, 0.1) is 16.4 Å². The lowest BCUT2D eigenvalue weighted by Crippen LogP contribution is -2.15. The topological polar surface area (TPSA) is 111 Å². The quantitative estimate of drug-likeness (QED) is 0.425. The molecule has 158 valence electrons. The number of anilines is 2. The molecule has 3 aromatic heterocycles. The predicted molar refractivity (Wildman–Crippen MR) is 122 cm³/mol. The molecule has 0 spiro atoms. The number of hydrogen-bond donors (Lipinski definition) is 3. The van der Waals surface area contributed by atoms with E-state index < -0.39 is 11.8 Å². The van der Waals surface area contributed by atoms with Crippen LogP contribution in [0.5, 0.6) is 0 Å². The van der Waals surface area contributed by atoms with Crippen molar-refractivity contribution in [1.29, 1.82) is 0 Å². The van der Waals surface area contributed by atoms with Crippen LogP contribution in [0.2, 0.25) is 5.02 Å². The second kappa shape index (κ2) is 7.93. The van der Waals surface area contributed by atoms with Crippen molar-refractivity contribution in [3.8, 4) is 0 Å². The number of amides is 3. The van der Waals surface area contributed by atoms with Gasteiger partial charge < -0.3 is 25.5 Å². The minimum atomic E-state index is -0.591. The number of carbonyl (C=O) groups excluding carboxylic acids is 3. The van der Waals surface area contributed by atoms with Crippen LogP contribution >= 0.6 is 22.9 Å². The van der Waals surface area contributed by atoms with Crippen LogP contribution in [0.3, 0.4) is 0 Å². The molecule has 10 heteroatoms. The number of primary amides is 1. The third-order valence-electron chi connectivity index (χ3n) is 4.75. The number of carbonyl (C=O) groups is 3. The number of hydrogen-bond acceptors (Lipinski definition) is 4. The highest BCUT2D eigenvalue weighted by Crippen LogP contribution is 2.35. The molecular weight excluding hydrogens is 438 g/mol. The number of halogens is 1. The molecule has 0 saturated carbocycles. The van der Waals surface area contributed by atoms with Gasteiger partial charge in [-0.1, -0.05) is 29.8 Å². The molecule has 0 aliphatic heterocycles. The first-order valence-electron chi connectivity index (χ1n) is 9.17. The summed E-state index contributed by atoms with van der Waals surface area (Å²) in [5, 5.41) is 6.74. The second-order valence-corrected chi connectivity index (χ2v) is 8.39. The first kappa shape index (κ1) is 20.7. The Morgan fingerprint density at radius 3 is 2.13 bits per heavy atom. The molecule has 4 aromatic rings. The lowest BCUT2D eigenvalue weighted by Gasteiger charge is -2.03. The lowest BCUT2D eigenvalue weighted by molar-refractivity contribution is 0.0988. The van der Waals surface area contributed by atoms with Gasteiger partial charge in [0.25, 0.3) is 17.7 Å². The number of nitrogens with one attached hydrogen (secondary N) is 2. The molecule has 0 atom stereocenters. The van der Waals surface area contributed by atoms with Crippen molar-refractivity contribution in [2.24, 2.45) is 19.8 Å². The smallest absolute Gasteiger partial charge is 0.272 e. The molecule has 0 saturated heterocycles. The standard InChI is InChI=1S/C21H18ClN5O3S/c1-26-9-11(7-14(26)19(23)28)24-20(29)15-8-12(10-27(15)2)25-21(30)18-17(22)13-5-3-4-6-16(13)31-18/h3-10H,1-2H3,(H2,23,28)(H,24,29)(H,25,30). The molecule has 4 rings (SSSR count). The van der Waals surface area contributed by atoms with E-state index in [0.717, 1.165) is 10.1 Å². The Kier molecular flexibility index (Phi) is 5.30. The van der Waals surface area contributed by atoms with E-state index in [0.29, 0.717) is 27.0 Å². The van der Waals surface area contributed by atoms with E-state index in [4.69, 9.17) is 17.3 Å². The van der Waals surface area contributed by atoms with Crippen LogP contribution in [-0.2, 0) is 14.1 Å². The first-order valence-corrected chi connectivity index (χ1v) is 10.4. The van der Waals surface area contributed by atoms with Gasteiger partial charge in [0.2, 0.25) is 0 Å². The minimum absolute atomic E-state index is 0.273. The molecule has 4 N–H and O–H groups in total. The summed E-state index contributed by atoms with van der Waals surface area (Å²) in [7, 11) is 3.35. The maximum Gasteiger partial charge on any atom is 0.272 e. The third-order valence-corrected chi connectivity index (χ3v) is 6.43. The summed E-state index contributed by atoms with van der Waals surface area (Å²) in [5.41, 5.74) is 6.79. The zero-order valence-corrected chi connectivity index (χ0v) is 18.2. The summed E-state index contributed by atoms with van der Waals surface area (Å²) in [6, 6.07) is 10.6. The average Bonchev–Trinajstić information content (AvgIpc) is 3.37. The largest absolute Gasteiger partial charge is 0.364 e. The maximum absolute atomic E-state index is 12.7. The zero-order chi connectivity index (χ0) is 22.3. The Morgan fingerprint density at radius 2 is 1.52 bits per heavy atom. The Bertz CT molecular complexity index is 1350. The number of rotatable bonds is 5. The number of nitrogens with zero attached hydrogens (tertiary/aromatic N) is 2. The predicted octanol–water partition coefficient (Wildman–Crippen LogP) is 3.84. The number of nitrogens with two attached hydrogens (primary N) is 1. The lowest BCUT2D eigenvalue weighted by atomic mass is 10.2. The SMILES string of the molecule is Cn1cc(NC(=O)c2cc(NC(=O)c3sc4ccccc4c3Cl)cn2C)cc1C(N)=O. The van der Waals surface area contributed by atoms with Crippen LogP contribution in [0.1, 0.15) is 30.6 Å². The maximum atomic E-state index is 12.7. The van der Waals surface area contributed by atoms with Crippen LogP contribution in [0, 0.1) is 0 Å². The molecule has 0 unspecified atom stereocenters. The number of thiophene rings is 1. The van der Waals surface area contributed by atoms with Crippen molar-refractivity contribution in [3.63, 3.8) is 0 Å². The number of benzene rings is 1. The van der Waals surface area contributed by atoms with Gasteiger partial charge in [-0.15, -0.1) is 11.3 Å². The van der Waals surface area contributed by atoms with Gasteiger partial charge in [-0.2, -0.15) is 0 Å². The molecule has 31 heavy (non-hydrogen) atoms. The van der Waals surface area contributed by atoms with Crippen molar-refractivity contribution in [1.82, 2.24) is 9.13 Å². The van der Waals surface area contributed by atoms with E-state index in [-0.39, 0.29) is 11.6 Å². The van der Waals surface area contributed by atoms with E-state index in [1.807, 2.05) is 24.3 Å². The minimum Gasteiger partial charge on any atom is -0.364 e. The normalized spacial score (nSPS) is 10.9. The van der Waals surface area contributed by atoms with Crippen LogP contribution in [-0.4, -0.2) is 26.9 Å². The van der Waals surface area contributed by atoms with Gasteiger partial charge >= 0.3 is 0 Å². The van der Waals surface area contributed by atoms with Crippen LogP contribution in [0.4, 0.5) is 11.4 Å². The third kappa shape index (κ3) is 3.92. The van der Waals surface area contributed by atoms with Crippen molar-refractivity contribution in [3.05, 3.63) is 70.1 Å². The zero-order valence-electron chi connectivity index (χ0n) is 16.6. The van der Waals surface area contributed by atoms with E-state index in [2.05, 4.69) is 10.6 Å². The molecule has 0 aliphatic carbocycles. The van der Waals surface area contributed by atoms with Crippen molar-refractivity contribution in [2.75, 3.05) is 10.6 Å². The molecule has 8 nitrogen and oxygen atoms in total. The number of aromatic nitrogens is 2. The van der Waals surface area contributed by atoms with Crippen LogP contribution < -0.4 is 16.4 Å². The van der Waals surface area contributed by atoms with Gasteiger partial charge in [0, 0.05) is 36.6 Å². The summed E-state index contributed by atoms with van der Waals surface area (Å²) >= 11 is 7.68. The number of aryl methyl sites for hydroxylation is 2. The van der Waals surface area contributed by atoms with Crippen molar-refractivity contribution >= 4 is 62.1 Å². The fraction of sp³-hybridized carbons (Fsp3) is 0.0952. The highest BCUT2D eigenvalue weighted by Gasteiger charge is 2.19. The Hall–Kier alpha value is -3.56. The molecule has 3 heterocycles. The van der Waals surface area contributed by atoms with E-state index in [1.165, 1.54) is 22.0 Å². The Labute approximate surface area is 186 Å². The molecule has 0 radical (unpaired) electrons. The van der Waals surface area contributed by atoms with Gasteiger partial charge in [0.15, 0.2) is 0 Å². The fourth-order valence-electron chi connectivity index (χ4n) is 3.28. The highest BCUT2D eigenvalue weighted by atomic mass is 35.5. The summed E-state index contributed by atoms with van der Waals surface area (Å²) in [5.74, 6) is -1.34. The van der Waals surface area contributed by atoms with Crippen LogP contribution in [0.25, 0.3) is 10.1 Å². The number of fused-ring (bicyclic) bond motifs is 1. The van der Waals surface area contributed by atoms with E-state index >= 15 is 0 Å². The first-order chi connectivity index (χ1) is 14.7. The molecular formula is C21H18ClN5O3S. The highest BCUT2D eigenvalue weighted by molar-refractivity contribution is 7.21.